The number of nitrogens with two attached hydrogens (primary N) is 1. The maximum Gasteiger partial charge on any atom is 0.0916 e. The smallest absolute Gasteiger partial charge is 0.0916 e. The molecule has 4 N–H and O–H groups in total. The Kier molecular flexibility index (Phi) is 6.36. The molecule has 0 aliphatic carbocycles. The summed E-state index contributed by atoms with van der Waals surface area (Å²) in [6.07, 6.45) is 1.48. The third-order valence-electron chi connectivity index (χ3n) is 1.21. The molecule has 1 unspecified atom stereocenters. The Bertz CT molecular complexity index is 119. The van der Waals surface area contributed by atoms with Crippen LogP contribution >= 0.6 is 11.8 Å². The molecule has 0 saturated heterocycles. The van der Waals surface area contributed by atoms with E-state index in [2.05, 4.69) is 0 Å². The lowest BCUT2D eigenvalue weighted by molar-refractivity contribution is 0.296. The van der Waals surface area contributed by atoms with Crippen molar-refractivity contribution in [3.8, 4) is 0 Å². The van der Waals surface area contributed by atoms with Gasteiger partial charge >= 0.3 is 0 Å². The average molecular weight is 176 g/mol. The maximum absolute atomic E-state index is 8.48. The highest BCUT2D eigenvalue weighted by atomic mass is 32.2. The van der Waals surface area contributed by atoms with Gasteiger partial charge in [0.05, 0.1) is 5.84 Å². The largest absolute Gasteiger partial charge is 0.396 e. The van der Waals surface area contributed by atoms with Crippen molar-refractivity contribution in [2.75, 3.05) is 12.4 Å². The Morgan fingerprint density at radius 3 is 2.82 bits per heavy atom. The van der Waals surface area contributed by atoms with Gasteiger partial charge in [0, 0.05) is 18.3 Å². The van der Waals surface area contributed by atoms with Gasteiger partial charge in [0.1, 0.15) is 0 Å². The molecule has 0 bridgehead atoms. The summed E-state index contributed by atoms with van der Waals surface area (Å²) in [6, 6.07) is 0. The SMILES string of the molecule is CC(CC(=N)N)SCCCO. The van der Waals surface area contributed by atoms with E-state index < -0.39 is 0 Å². The van der Waals surface area contributed by atoms with E-state index in [1.165, 1.54) is 0 Å². The molecule has 0 aromatic carbocycles. The van der Waals surface area contributed by atoms with Gasteiger partial charge in [0.15, 0.2) is 0 Å². The van der Waals surface area contributed by atoms with Crippen LogP contribution in [0, 0.1) is 5.41 Å². The fourth-order valence-electron chi connectivity index (χ4n) is 0.718. The molecule has 0 saturated carbocycles. The Morgan fingerprint density at radius 2 is 2.36 bits per heavy atom. The first-order chi connectivity index (χ1) is 5.16. The molecule has 0 aromatic heterocycles. The van der Waals surface area contributed by atoms with Crippen LogP contribution in [0.1, 0.15) is 19.8 Å². The molecule has 0 rings (SSSR count). The van der Waals surface area contributed by atoms with Gasteiger partial charge in [0.25, 0.3) is 0 Å². The van der Waals surface area contributed by atoms with Gasteiger partial charge in [-0.1, -0.05) is 6.92 Å². The summed E-state index contributed by atoms with van der Waals surface area (Å²) in [6.45, 7) is 2.29. The minimum Gasteiger partial charge on any atom is -0.396 e. The fraction of sp³-hybridized carbons (Fsp3) is 0.857. The second kappa shape index (κ2) is 6.49. The summed E-state index contributed by atoms with van der Waals surface area (Å²) >= 11 is 1.75. The van der Waals surface area contributed by atoms with Crippen molar-refractivity contribution in [2.24, 2.45) is 5.73 Å². The molecule has 0 aliphatic rings. The van der Waals surface area contributed by atoms with Crippen LogP contribution in [-0.2, 0) is 0 Å². The summed E-state index contributed by atoms with van der Waals surface area (Å²) in [5.41, 5.74) is 5.22. The van der Waals surface area contributed by atoms with Crippen molar-refractivity contribution in [1.82, 2.24) is 0 Å². The van der Waals surface area contributed by atoms with Crippen LogP contribution in [0.2, 0.25) is 0 Å². The summed E-state index contributed by atoms with van der Waals surface area (Å²) < 4.78 is 0. The van der Waals surface area contributed by atoms with Crippen molar-refractivity contribution in [2.45, 2.75) is 25.0 Å². The molecule has 3 nitrogen and oxygen atoms in total. The van der Waals surface area contributed by atoms with Crippen molar-refractivity contribution < 1.29 is 5.11 Å². The van der Waals surface area contributed by atoms with Crippen LogP contribution < -0.4 is 5.73 Å². The van der Waals surface area contributed by atoms with E-state index in [-0.39, 0.29) is 12.4 Å². The summed E-state index contributed by atoms with van der Waals surface area (Å²) in [5.74, 6) is 1.19. The van der Waals surface area contributed by atoms with Gasteiger partial charge in [-0.15, -0.1) is 0 Å². The number of hydrogen-bond donors (Lipinski definition) is 3. The number of amidine groups is 1. The number of nitrogens with one attached hydrogen (secondary N) is 1. The topological polar surface area (TPSA) is 70.1 Å². The first kappa shape index (κ1) is 10.8. The first-order valence-corrected chi connectivity index (χ1v) is 4.77. The van der Waals surface area contributed by atoms with Gasteiger partial charge in [-0.2, -0.15) is 11.8 Å². The number of aliphatic hydroxyl groups excluding tert-OH is 1. The molecule has 66 valence electrons. The lowest BCUT2D eigenvalue weighted by atomic mass is 10.3. The Labute approximate surface area is 71.9 Å². The second-order valence-corrected chi connectivity index (χ2v) is 4.03. The maximum atomic E-state index is 8.48. The molecule has 0 radical (unpaired) electrons. The zero-order chi connectivity index (χ0) is 8.69. The first-order valence-electron chi connectivity index (χ1n) is 3.72. The van der Waals surface area contributed by atoms with Gasteiger partial charge < -0.3 is 10.8 Å². The Morgan fingerprint density at radius 1 is 1.73 bits per heavy atom. The molecule has 4 heteroatoms. The van der Waals surface area contributed by atoms with E-state index in [9.17, 15) is 0 Å². The van der Waals surface area contributed by atoms with E-state index in [1.54, 1.807) is 11.8 Å². The van der Waals surface area contributed by atoms with Crippen molar-refractivity contribution in [3.05, 3.63) is 0 Å². The van der Waals surface area contributed by atoms with Crippen LogP contribution in [0.4, 0.5) is 0 Å². The third kappa shape index (κ3) is 7.68. The predicted octanol–water partition coefficient (Wildman–Crippen LogP) is 0.817. The number of aliphatic hydroxyl groups is 1. The highest BCUT2D eigenvalue weighted by molar-refractivity contribution is 7.99. The number of thioether (sulfide) groups is 1. The number of hydrogen-bond acceptors (Lipinski definition) is 3. The van der Waals surface area contributed by atoms with E-state index in [1.807, 2.05) is 6.92 Å². The lowest BCUT2D eigenvalue weighted by Gasteiger charge is -2.08. The summed E-state index contributed by atoms with van der Waals surface area (Å²) in [7, 11) is 0. The molecule has 0 heterocycles. The van der Waals surface area contributed by atoms with Gasteiger partial charge in [-0.25, -0.2) is 0 Å². The van der Waals surface area contributed by atoms with Crippen LogP contribution in [0.15, 0.2) is 0 Å². The molecule has 0 aliphatic heterocycles. The molecule has 0 aromatic rings. The molecule has 1 atom stereocenters. The molecule has 0 amide bonds. The number of rotatable bonds is 6. The molecular weight excluding hydrogens is 160 g/mol. The second-order valence-electron chi connectivity index (χ2n) is 2.49. The standard InChI is InChI=1S/C7H16N2OS/c1-6(5-7(8)9)11-4-2-3-10/h6,10H,2-5H2,1H3,(H3,8,9). The lowest BCUT2D eigenvalue weighted by Crippen LogP contribution is -2.15. The summed E-state index contributed by atoms with van der Waals surface area (Å²) in [5, 5.41) is 15.9. The fourth-order valence-corrected chi connectivity index (χ4v) is 1.71. The van der Waals surface area contributed by atoms with Crippen LogP contribution in [0.25, 0.3) is 0 Å². The van der Waals surface area contributed by atoms with Gasteiger partial charge in [-0.3, -0.25) is 5.41 Å². The van der Waals surface area contributed by atoms with E-state index in [0.29, 0.717) is 11.7 Å². The van der Waals surface area contributed by atoms with E-state index >= 15 is 0 Å². The highest BCUT2D eigenvalue weighted by Crippen LogP contribution is 2.14. The van der Waals surface area contributed by atoms with E-state index in [4.69, 9.17) is 16.2 Å². The quantitative estimate of drug-likeness (QED) is 0.319. The highest BCUT2D eigenvalue weighted by Gasteiger charge is 2.02. The zero-order valence-corrected chi connectivity index (χ0v) is 7.66. The average Bonchev–Trinajstić information content (AvgIpc) is 1.86. The van der Waals surface area contributed by atoms with Gasteiger partial charge in [0.2, 0.25) is 0 Å². The van der Waals surface area contributed by atoms with Crippen molar-refractivity contribution in [1.29, 1.82) is 5.41 Å². The van der Waals surface area contributed by atoms with Crippen molar-refractivity contribution >= 4 is 17.6 Å². The zero-order valence-electron chi connectivity index (χ0n) is 6.84. The van der Waals surface area contributed by atoms with E-state index in [0.717, 1.165) is 12.2 Å². The molecule has 0 spiro atoms. The minimum atomic E-state index is 0.244. The van der Waals surface area contributed by atoms with Crippen molar-refractivity contribution in [3.63, 3.8) is 0 Å². The minimum absolute atomic E-state index is 0.244. The third-order valence-corrected chi connectivity index (χ3v) is 2.47. The van der Waals surface area contributed by atoms with Crippen LogP contribution in [-0.4, -0.2) is 28.6 Å². The Hall–Kier alpha value is -0.220. The Balaban J connectivity index is 3.22. The molecular formula is C7H16N2OS. The van der Waals surface area contributed by atoms with Crippen LogP contribution in [0.3, 0.4) is 0 Å². The van der Waals surface area contributed by atoms with Gasteiger partial charge in [-0.05, 0) is 12.2 Å². The molecule has 0 fully saturated rings. The monoisotopic (exact) mass is 176 g/mol. The normalized spacial score (nSPS) is 12.9. The molecule has 11 heavy (non-hydrogen) atoms. The summed E-state index contributed by atoms with van der Waals surface area (Å²) in [4.78, 5) is 0. The predicted molar refractivity (Wildman–Crippen MR) is 50.2 cm³/mol. The van der Waals surface area contributed by atoms with Crippen LogP contribution in [0.5, 0.6) is 0 Å².